The normalized spacial score (nSPS) is 12.2. The summed E-state index contributed by atoms with van der Waals surface area (Å²) in [6.45, 7) is 7.87. The first-order valence-electron chi connectivity index (χ1n) is 7.13. The lowest BCUT2D eigenvalue weighted by Gasteiger charge is -2.22. The molecule has 106 valence electrons. The zero-order valence-corrected chi connectivity index (χ0v) is 13.4. The molecule has 0 fully saturated rings. The molecule has 0 heterocycles. The summed E-state index contributed by atoms with van der Waals surface area (Å²) in [5.41, 5.74) is 1.20. The van der Waals surface area contributed by atoms with Crippen molar-refractivity contribution >= 4 is 14.6 Å². The van der Waals surface area contributed by atoms with Gasteiger partial charge in [0.25, 0.3) is 0 Å². The van der Waals surface area contributed by atoms with Crippen LogP contribution in [0.4, 0.5) is 0 Å². The zero-order valence-electron chi connectivity index (χ0n) is 12.4. The summed E-state index contributed by atoms with van der Waals surface area (Å²) >= 11 is 0. The van der Waals surface area contributed by atoms with Gasteiger partial charge in [0, 0.05) is 6.61 Å². The third-order valence-corrected chi connectivity index (χ3v) is 4.60. The molecule has 0 N–H and O–H groups in total. The molecule has 0 radical (unpaired) electrons. The first-order chi connectivity index (χ1) is 9.14. The number of rotatable bonds is 9. The Hall–Kier alpha value is -0.903. The highest BCUT2D eigenvalue weighted by molar-refractivity contribution is 6.64. The monoisotopic (exact) mass is 278 g/mol. The van der Waals surface area contributed by atoms with Crippen molar-refractivity contribution in [2.75, 3.05) is 13.2 Å². The molecule has 1 aromatic carbocycles. The van der Waals surface area contributed by atoms with Gasteiger partial charge in [-0.25, -0.2) is 0 Å². The molecule has 0 aromatic heterocycles. The van der Waals surface area contributed by atoms with Gasteiger partial charge in [0.05, 0.1) is 6.61 Å². The summed E-state index contributed by atoms with van der Waals surface area (Å²) in [6, 6.07) is 10.3. The third kappa shape index (κ3) is 7.98. The van der Waals surface area contributed by atoms with Gasteiger partial charge in [0.1, 0.15) is 0 Å². The molecule has 0 saturated carbocycles. The first kappa shape index (κ1) is 16.2. The van der Waals surface area contributed by atoms with Crippen molar-refractivity contribution in [2.45, 2.75) is 39.3 Å². The maximum atomic E-state index is 5.87. The quantitative estimate of drug-likeness (QED) is 0.484. The summed E-state index contributed by atoms with van der Waals surface area (Å²) in [6.07, 6.45) is 7.74. The van der Waals surface area contributed by atoms with E-state index in [1.54, 1.807) is 0 Å². The molecule has 0 atom stereocenters. The highest BCUT2D eigenvalue weighted by Crippen LogP contribution is 2.09. The minimum Gasteiger partial charge on any atom is -0.395 e. The minimum atomic E-state index is -1.94. The summed E-state index contributed by atoms with van der Waals surface area (Å²) in [5.74, 6) is 0. The van der Waals surface area contributed by atoms with Gasteiger partial charge in [-0.15, -0.1) is 0 Å². The number of hydrogen-bond donors (Lipinski definition) is 0. The fourth-order valence-corrected chi connectivity index (χ4v) is 2.93. The van der Waals surface area contributed by atoms with E-state index in [0.29, 0.717) is 6.61 Å². The molecule has 0 aliphatic carbocycles. The lowest BCUT2D eigenvalue weighted by molar-refractivity contribution is 0.191. The molecule has 0 unspecified atom stereocenters. The lowest BCUT2D eigenvalue weighted by Crippen LogP contribution is -2.35. The Labute approximate surface area is 118 Å². The average Bonchev–Trinajstić information content (AvgIpc) is 2.41. The van der Waals surface area contributed by atoms with Crippen LogP contribution in [-0.2, 0) is 8.85 Å². The van der Waals surface area contributed by atoms with Gasteiger partial charge >= 0.3 is 8.56 Å². The van der Waals surface area contributed by atoms with Gasteiger partial charge in [0.2, 0.25) is 0 Å². The summed E-state index contributed by atoms with van der Waals surface area (Å²) in [7, 11) is -1.94. The van der Waals surface area contributed by atoms with Crippen LogP contribution in [0.2, 0.25) is 13.1 Å². The van der Waals surface area contributed by atoms with E-state index in [2.05, 4.69) is 44.3 Å². The van der Waals surface area contributed by atoms with E-state index in [0.717, 1.165) is 13.0 Å². The second-order valence-corrected chi connectivity index (χ2v) is 8.46. The maximum absolute atomic E-state index is 5.87. The van der Waals surface area contributed by atoms with Crippen molar-refractivity contribution in [3.8, 4) is 0 Å². The van der Waals surface area contributed by atoms with Crippen LogP contribution < -0.4 is 0 Å². The van der Waals surface area contributed by atoms with E-state index in [4.69, 9.17) is 8.85 Å². The van der Waals surface area contributed by atoms with Crippen molar-refractivity contribution in [3.63, 3.8) is 0 Å². The molecule has 1 rings (SSSR count). The molecule has 0 spiro atoms. The SMILES string of the molecule is CCCCCO[Si](C)(C)OC/C=C/c1ccccc1. The Bertz CT molecular complexity index is 360. The van der Waals surface area contributed by atoms with Crippen molar-refractivity contribution < 1.29 is 8.85 Å². The standard InChI is InChI=1S/C16H26O2Si/c1-4-5-9-14-17-19(2,3)18-15-10-13-16-11-7-6-8-12-16/h6-8,10-13H,4-5,9,14-15H2,1-3H3/b13-10+. The number of hydrogen-bond acceptors (Lipinski definition) is 2. The molecule has 19 heavy (non-hydrogen) atoms. The van der Waals surface area contributed by atoms with E-state index < -0.39 is 8.56 Å². The van der Waals surface area contributed by atoms with Gasteiger partial charge in [-0.1, -0.05) is 62.2 Å². The van der Waals surface area contributed by atoms with Gasteiger partial charge in [0.15, 0.2) is 0 Å². The highest BCUT2D eigenvalue weighted by atomic mass is 28.4. The summed E-state index contributed by atoms with van der Waals surface area (Å²) in [5, 5.41) is 0. The molecule has 0 aliphatic rings. The molecule has 0 saturated heterocycles. The van der Waals surface area contributed by atoms with Gasteiger partial charge in [-0.05, 0) is 25.1 Å². The molecule has 0 bridgehead atoms. The van der Waals surface area contributed by atoms with Gasteiger partial charge in [-0.3, -0.25) is 0 Å². The smallest absolute Gasteiger partial charge is 0.331 e. The second kappa shape index (κ2) is 9.07. The predicted molar refractivity (Wildman–Crippen MR) is 84.4 cm³/mol. The first-order valence-corrected chi connectivity index (χ1v) is 9.95. The van der Waals surface area contributed by atoms with Crippen LogP contribution in [0.15, 0.2) is 36.4 Å². The van der Waals surface area contributed by atoms with E-state index in [1.807, 2.05) is 18.2 Å². The molecule has 0 aliphatic heterocycles. The van der Waals surface area contributed by atoms with Crippen molar-refractivity contribution in [3.05, 3.63) is 42.0 Å². The Morgan fingerprint density at radius 2 is 1.79 bits per heavy atom. The Balaban J connectivity index is 2.21. The zero-order chi connectivity index (χ0) is 14.0. The predicted octanol–water partition coefficient (Wildman–Crippen LogP) is 4.63. The highest BCUT2D eigenvalue weighted by Gasteiger charge is 2.23. The van der Waals surface area contributed by atoms with Gasteiger partial charge in [-0.2, -0.15) is 0 Å². The van der Waals surface area contributed by atoms with Crippen LogP contribution in [0.3, 0.4) is 0 Å². The fourth-order valence-electron chi connectivity index (χ4n) is 1.71. The maximum Gasteiger partial charge on any atom is 0.331 e. The van der Waals surface area contributed by atoms with E-state index in [-0.39, 0.29) is 0 Å². The lowest BCUT2D eigenvalue weighted by atomic mass is 10.2. The van der Waals surface area contributed by atoms with Crippen molar-refractivity contribution in [1.29, 1.82) is 0 Å². The van der Waals surface area contributed by atoms with Crippen LogP contribution in [0.25, 0.3) is 6.08 Å². The van der Waals surface area contributed by atoms with E-state index >= 15 is 0 Å². The molecule has 3 heteroatoms. The minimum absolute atomic E-state index is 0.627. The molecule has 1 aromatic rings. The molecule has 2 nitrogen and oxygen atoms in total. The molecular formula is C16H26O2Si. The average molecular weight is 278 g/mol. The number of unbranched alkanes of at least 4 members (excludes halogenated alkanes) is 2. The number of benzene rings is 1. The Kier molecular flexibility index (Phi) is 7.71. The largest absolute Gasteiger partial charge is 0.395 e. The third-order valence-electron chi connectivity index (χ3n) is 2.83. The van der Waals surface area contributed by atoms with Crippen LogP contribution in [0, 0.1) is 0 Å². The fraction of sp³-hybridized carbons (Fsp3) is 0.500. The molecule has 0 amide bonds. The summed E-state index contributed by atoms with van der Waals surface area (Å²) in [4.78, 5) is 0. The van der Waals surface area contributed by atoms with Crippen molar-refractivity contribution in [1.82, 2.24) is 0 Å². The summed E-state index contributed by atoms with van der Waals surface area (Å²) < 4.78 is 11.7. The van der Waals surface area contributed by atoms with E-state index in [1.165, 1.54) is 18.4 Å². The van der Waals surface area contributed by atoms with E-state index in [9.17, 15) is 0 Å². The topological polar surface area (TPSA) is 18.5 Å². The second-order valence-electron chi connectivity index (χ2n) is 5.08. The molecular weight excluding hydrogens is 252 g/mol. The Morgan fingerprint density at radius 3 is 2.47 bits per heavy atom. The van der Waals surface area contributed by atoms with Crippen LogP contribution >= 0.6 is 0 Å². The van der Waals surface area contributed by atoms with Crippen molar-refractivity contribution in [2.24, 2.45) is 0 Å². The van der Waals surface area contributed by atoms with Gasteiger partial charge < -0.3 is 8.85 Å². The van der Waals surface area contributed by atoms with Crippen LogP contribution in [0.1, 0.15) is 31.7 Å². The van der Waals surface area contributed by atoms with Crippen LogP contribution in [-0.4, -0.2) is 21.8 Å². The Morgan fingerprint density at radius 1 is 1.05 bits per heavy atom. The van der Waals surface area contributed by atoms with Crippen LogP contribution in [0.5, 0.6) is 0 Å².